The summed E-state index contributed by atoms with van der Waals surface area (Å²) in [4.78, 5) is 0. The van der Waals surface area contributed by atoms with Crippen LogP contribution in [0.4, 0.5) is 0 Å². The van der Waals surface area contributed by atoms with Crippen molar-refractivity contribution >= 4 is 0 Å². The van der Waals surface area contributed by atoms with Gasteiger partial charge in [-0.25, -0.2) is 0 Å². The maximum Gasteiger partial charge on any atom is 0.0681 e. The van der Waals surface area contributed by atoms with Gasteiger partial charge in [-0.3, -0.25) is 0 Å². The molecule has 6 atom stereocenters. The van der Waals surface area contributed by atoms with Gasteiger partial charge >= 0.3 is 0 Å². The Labute approximate surface area is 168 Å². The van der Waals surface area contributed by atoms with Gasteiger partial charge in [-0.05, 0) is 96.2 Å². The fourth-order valence-corrected chi connectivity index (χ4v) is 10.3. The molecule has 0 aromatic rings. The molecular weight excluding hydrogens is 328 g/mol. The van der Waals surface area contributed by atoms with Gasteiger partial charge in [0.05, 0.1) is 5.60 Å². The first kappa shape index (κ1) is 19.0. The molecule has 5 aliphatic rings. The Balaban J connectivity index is 1.58. The average molecular weight is 373 g/mol. The van der Waals surface area contributed by atoms with Crippen LogP contribution >= 0.6 is 0 Å². The summed E-state index contributed by atoms with van der Waals surface area (Å²) < 4.78 is 0. The molecule has 5 saturated carbocycles. The SMILES string of the molecule is CC1(C)C2CCC1(C)C(C13CCC(C)(C(C4(O)CCCCC4)C1)C3(C)C)C2. The second kappa shape index (κ2) is 5.16. The van der Waals surface area contributed by atoms with E-state index < -0.39 is 0 Å². The molecule has 5 aliphatic carbocycles. The lowest BCUT2D eigenvalue weighted by molar-refractivity contribution is -0.103. The van der Waals surface area contributed by atoms with E-state index in [4.69, 9.17) is 0 Å². The van der Waals surface area contributed by atoms with Gasteiger partial charge in [0.1, 0.15) is 0 Å². The van der Waals surface area contributed by atoms with Gasteiger partial charge in [0.2, 0.25) is 0 Å². The predicted octanol–water partition coefficient (Wildman–Crippen LogP) is 6.98. The van der Waals surface area contributed by atoms with E-state index in [9.17, 15) is 5.11 Å². The van der Waals surface area contributed by atoms with Crippen LogP contribution in [0.2, 0.25) is 0 Å². The van der Waals surface area contributed by atoms with E-state index in [1.54, 1.807) is 0 Å². The maximum atomic E-state index is 11.8. The zero-order valence-corrected chi connectivity index (χ0v) is 19.0. The first-order chi connectivity index (χ1) is 12.4. The van der Waals surface area contributed by atoms with Gasteiger partial charge < -0.3 is 5.11 Å². The van der Waals surface area contributed by atoms with Crippen molar-refractivity contribution in [3.05, 3.63) is 0 Å². The standard InChI is InChI=1S/C26H44O/c1-21(2)18-10-13-23(21,5)19(16-18)25-15-14-24(6,22(25,3)4)20(17-25)26(27)11-8-7-9-12-26/h18-20,27H,7-17H2,1-6H3. The number of hydrogen-bond donors (Lipinski definition) is 1. The van der Waals surface area contributed by atoms with Gasteiger partial charge in [-0.2, -0.15) is 0 Å². The second-order valence-electron chi connectivity index (χ2n) is 13.3. The fourth-order valence-electron chi connectivity index (χ4n) is 10.3. The summed E-state index contributed by atoms with van der Waals surface area (Å²) in [7, 11) is 0. The lowest BCUT2D eigenvalue weighted by atomic mass is 9.51. The molecule has 0 aromatic heterocycles. The molecule has 0 amide bonds. The Morgan fingerprint density at radius 3 is 1.93 bits per heavy atom. The molecule has 6 unspecified atom stereocenters. The van der Waals surface area contributed by atoms with Crippen molar-refractivity contribution < 1.29 is 5.11 Å². The van der Waals surface area contributed by atoms with Crippen LogP contribution in [0.5, 0.6) is 0 Å². The highest BCUT2D eigenvalue weighted by Crippen LogP contribution is 2.84. The molecule has 1 nitrogen and oxygen atoms in total. The molecule has 154 valence electrons. The molecule has 1 N–H and O–H groups in total. The smallest absolute Gasteiger partial charge is 0.0681 e. The molecule has 1 heteroatoms. The van der Waals surface area contributed by atoms with Crippen LogP contribution in [0.3, 0.4) is 0 Å². The van der Waals surface area contributed by atoms with E-state index in [0.717, 1.165) is 24.7 Å². The summed E-state index contributed by atoms with van der Waals surface area (Å²) in [5.74, 6) is 2.33. The molecule has 0 heterocycles. The molecule has 0 saturated heterocycles. The highest BCUT2D eigenvalue weighted by atomic mass is 16.3. The highest BCUT2D eigenvalue weighted by molar-refractivity contribution is 5.26. The highest BCUT2D eigenvalue weighted by Gasteiger charge is 2.78. The third-order valence-electron chi connectivity index (χ3n) is 12.9. The van der Waals surface area contributed by atoms with E-state index in [-0.39, 0.29) is 5.60 Å². The van der Waals surface area contributed by atoms with Crippen LogP contribution < -0.4 is 0 Å². The summed E-state index contributed by atoms with van der Waals surface area (Å²) in [6.45, 7) is 15.7. The monoisotopic (exact) mass is 372 g/mol. The van der Waals surface area contributed by atoms with Crippen LogP contribution in [-0.2, 0) is 0 Å². The van der Waals surface area contributed by atoms with Gasteiger partial charge in [0.15, 0.2) is 0 Å². The Morgan fingerprint density at radius 1 is 0.704 bits per heavy atom. The summed E-state index contributed by atoms with van der Waals surface area (Å²) in [5, 5.41) is 11.8. The normalized spacial score (nSPS) is 54.6. The Bertz CT molecular complexity index is 641. The minimum absolute atomic E-state index is 0.321. The predicted molar refractivity (Wildman–Crippen MR) is 112 cm³/mol. The quantitative estimate of drug-likeness (QED) is 0.554. The van der Waals surface area contributed by atoms with Crippen molar-refractivity contribution in [2.75, 3.05) is 0 Å². The van der Waals surface area contributed by atoms with Crippen LogP contribution in [0, 0.1) is 44.8 Å². The topological polar surface area (TPSA) is 20.2 Å². The van der Waals surface area contributed by atoms with Crippen molar-refractivity contribution in [1.82, 2.24) is 0 Å². The van der Waals surface area contributed by atoms with E-state index in [1.807, 2.05) is 0 Å². The van der Waals surface area contributed by atoms with E-state index in [1.165, 1.54) is 57.8 Å². The zero-order chi connectivity index (χ0) is 19.5. The second-order valence-corrected chi connectivity index (χ2v) is 13.3. The first-order valence-corrected chi connectivity index (χ1v) is 12.2. The molecular formula is C26H44O. The van der Waals surface area contributed by atoms with Gasteiger partial charge in [-0.15, -0.1) is 0 Å². The number of rotatable bonds is 2. The summed E-state index contributed by atoms with van der Waals surface area (Å²) in [6.07, 6.45) is 14.4. The number of aliphatic hydroxyl groups is 1. The summed E-state index contributed by atoms with van der Waals surface area (Å²) in [5.41, 5.74) is 1.76. The third-order valence-corrected chi connectivity index (χ3v) is 12.9. The molecule has 27 heavy (non-hydrogen) atoms. The number of hydrogen-bond acceptors (Lipinski definition) is 1. The van der Waals surface area contributed by atoms with E-state index in [2.05, 4.69) is 41.5 Å². The van der Waals surface area contributed by atoms with E-state index in [0.29, 0.717) is 33.0 Å². The van der Waals surface area contributed by atoms with Crippen LogP contribution in [0.15, 0.2) is 0 Å². The Morgan fingerprint density at radius 2 is 1.37 bits per heavy atom. The van der Waals surface area contributed by atoms with Crippen LogP contribution in [0.25, 0.3) is 0 Å². The Kier molecular flexibility index (Phi) is 3.63. The molecule has 0 radical (unpaired) electrons. The van der Waals surface area contributed by atoms with Crippen molar-refractivity contribution in [2.45, 2.75) is 118 Å². The molecule has 4 bridgehead atoms. The maximum absolute atomic E-state index is 11.8. The minimum atomic E-state index is -0.375. The third kappa shape index (κ3) is 1.88. The molecule has 0 spiro atoms. The molecule has 5 fully saturated rings. The lowest BCUT2D eigenvalue weighted by Gasteiger charge is -2.53. The van der Waals surface area contributed by atoms with Gasteiger partial charge in [-0.1, -0.05) is 60.8 Å². The molecule has 0 aliphatic heterocycles. The van der Waals surface area contributed by atoms with Gasteiger partial charge in [0.25, 0.3) is 0 Å². The van der Waals surface area contributed by atoms with Crippen LogP contribution in [0.1, 0.15) is 112 Å². The van der Waals surface area contributed by atoms with E-state index >= 15 is 0 Å². The summed E-state index contributed by atoms with van der Waals surface area (Å²) >= 11 is 0. The van der Waals surface area contributed by atoms with Crippen LogP contribution in [-0.4, -0.2) is 10.7 Å². The molecule has 5 rings (SSSR count). The van der Waals surface area contributed by atoms with Gasteiger partial charge in [0, 0.05) is 0 Å². The zero-order valence-electron chi connectivity index (χ0n) is 19.0. The van der Waals surface area contributed by atoms with Crippen molar-refractivity contribution in [2.24, 2.45) is 44.8 Å². The average Bonchev–Trinajstić information content (AvgIpc) is 3.11. The van der Waals surface area contributed by atoms with Crippen molar-refractivity contribution in [3.8, 4) is 0 Å². The first-order valence-electron chi connectivity index (χ1n) is 12.2. The van der Waals surface area contributed by atoms with Crippen molar-refractivity contribution in [1.29, 1.82) is 0 Å². The lowest BCUT2D eigenvalue weighted by Crippen LogP contribution is -2.48. The largest absolute Gasteiger partial charge is 0.390 e. The minimum Gasteiger partial charge on any atom is -0.390 e. The summed E-state index contributed by atoms with van der Waals surface area (Å²) in [6, 6.07) is 0. The Hall–Kier alpha value is -0.0400. The molecule has 0 aromatic carbocycles. The number of fused-ring (bicyclic) bond motifs is 4. The fraction of sp³-hybridized carbons (Fsp3) is 1.00. The van der Waals surface area contributed by atoms with Crippen molar-refractivity contribution in [3.63, 3.8) is 0 Å².